The van der Waals surface area contributed by atoms with Crippen LogP contribution >= 0.6 is 24.8 Å². The minimum Gasteiger partial charge on any atom is -0.313 e. The summed E-state index contributed by atoms with van der Waals surface area (Å²) in [4.78, 5) is 0. The van der Waals surface area contributed by atoms with Crippen molar-refractivity contribution in [1.29, 1.82) is 0 Å². The highest BCUT2D eigenvalue weighted by Crippen LogP contribution is 2.35. The van der Waals surface area contributed by atoms with Crippen molar-refractivity contribution in [3.63, 3.8) is 0 Å². The molecule has 0 spiro atoms. The second kappa shape index (κ2) is 4.83. The highest BCUT2D eigenvalue weighted by atomic mass is 35.5. The lowest BCUT2D eigenvalue weighted by Crippen LogP contribution is -2.44. The van der Waals surface area contributed by atoms with Crippen molar-refractivity contribution in [2.75, 3.05) is 6.54 Å². The zero-order valence-electron chi connectivity index (χ0n) is 8.30. The summed E-state index contributed by atoms with van der Waals surface area (Å²) in [5.74, 6) is 0. The van der Waals surface area contributed by atoms with Crippen LogP contribution < -0.4 is 10.6 Å². The summed E-state index contributed by atoms with van der Waals surface area (Å²) in [6.45, 7) is 5.80. The molecule has 13 heavy (non-hydrogen) atoms. The van der Waals surface area contributed by atoms with Crippen LogP contribution in [0.15, 0.2) is 0 Å². The molecular weight excluding hydrogens is 207 g/mol. The lowest BCUT2D eigenvalue weighted by Gasteiger charge is -2.21. The summed E-state index contributed by atoms with van der Waals surface area (Å²) in [5, 5.41) is 7.17. The van der Waals surface area contributed by atoms with E-state index in [0.29, 0.717) is 11.6 Å². The van der Waals surface area contributed by atoms with Crippen LogP contribution in [0.5, 0.6) is 0 Å². The summed E-state index contributed by atoms with van der Waals surface area (Å²) < 4.78 is 0. The third-order valence-electron chi connectivity index (χ3n) is 3.06. The summed E-state index contributed by atoms with van der Waals surface area (Å²) in [7, 11) is 0. The van der Waals surface area contributed by atoms with Gasteiger partial charge in [-0.05, 0) is 39.7 Å². The van der Waals surface area contributed by atoms with Crippen molar-refractivity contribution in [3.8, 4) is 0 Å². The van der Waals surface area contributed by atoms with Crippen LogP contribution in [0.1, 0.15) is 33.1 Å². The van der Waals surface area contributed by atoms with E-state index in [1.165, 1.54) is 25.8 Å². The molecule has 4 heteroatoms. The summed E-state index contributed by atoms with van der Waals surface area (Å²) in [6.07, 6.45) is 4.04. The van der Waals surface area contributed by atoms with E-state index in [9.17, 15) is 0 Å². The van der Waals surface area contributed by atoms with Gasteiger partial charge in [0.05, 0.1) is 0 Å². The third-order valence-corrected chi connectivity index (χ3v) is 3.06. The molecule has 2 rings (SSSR count). The Morgan fingerprint density at radius 3 is 2.31 bits per heavy atom. The van der Waals surface area contributed by atoms with Gasteiger partial charge in [-0.25, -0.2) is 0 Å². The van der Waals surface area contributed by atoms with Gasteiger partial charge in [-0.2, -0.15) is 0 Å². The van der Waals surface area contributed by atoms with Crippen molar-refractivity contribution in [2.24, 2.45) is 0 Å². The maximum absolute atomic E-state index is 3.72. The van der Waals surface area contributed by atoms with E-state index in [1.54, 1.807) is 0 Å². The van der Waals surface area contributed by atoms with Crippen LogP contribution in [0.3, 0.4) is 0 Å². The molecule has 0 unspecified atom stereocenters. The number of halogens is 2. The Morgan fingerprint density at radius 2 is 1.92 bits per heavy atom. The zero-order chi connectivity index (χ0) is 7.90. The molecule has 0 aromatic heterocycles. The van der Waals surface area contributed by atoms with Crippen LogP contribution in [0, 0.1) is 0 Å². The average molecular weight is 227 g/mol. The van der Waals surface area contributed by atoms with Gasteiger partial charge in [0.1, 0.15) is 0 Å². The molecule has 1 aliphatic heterocycles. The fraction of sp³-hybridized carbons (Fsp3) is 1.00. The standard InChI is InChI=1S/C9H18N2.2ClH/c1-7-8(3-6-10-7)11-9(2)4-5-9;;/h7-8,10-11H,3-6H2,1-2H3;2*1H/t7-,8-;;/m0../s1. The van der Waals surface area contributed by atoms with E-state index in [-0.39, 0.29) is 24.8 Å². The van der Waals surface area contributed by atoms with Gasteiger partial charge in [-0.1, -0.05) is 0 Å². The fourth-order valence-electron chi connectivity index (χ4n) is 1.84. The minimum absolute atomic E-state index is 0. The van der Waals surface area contributed by atoms with E-state index in [0.717, 1.165) is 6.04 Å². The first-order valence-electron chi connectivity index (χ1n) is 4.71. The Hall–Kier alpha value is 0.500. The quantitative estimate of drug-likeness (QED) is 0.750. The number of nitrogens with one attached hydrogen (secondary N) is 2. The molecular formula is C9H20Cl2N2. The molecule has 1 saturated carbocycles. The lowest BCUT2D eigenvalue weighted by atomic mass is 10.1. The molecule has 2 N–H and O–H groups in total. The molecule has 2 fully saturated rings. The van der Waals surface area contributed by atoms with Crippen LogP contribution in [0.4, 0.5) is 0 Å². The highest BCUT2D eigenvalue weighted by molar-refractivity contribution is 5.85. The predicted octanol–water partition coefficient (Wildman–Crippen LogP) is 1.72. The normalized spacial score (nSPS) is 34.6. The summed E-state index contributed by atoms with van der Waals surface area (Å²) >= 11 is 0. The Kier molecular flexibility index (Phi) is 5.02. The van der Waals surface area contributed by atoms with Crippen LogP contribution in [0.25, 0.3) is 0 Å². The molecule has 2 aliphatic rings. The first-order valence-corrected chi connectivity index (χ1v) is 4.71. The molecule has 0 amide bonds. The van der Waals surface area contributed by atoms with Gasteiger partial charge in [-0.15, -0.1) is 24.8 Å². The predicted molar refractivity (Wildman–Crippen MR) is 61.1 cm³/mol. The van der Waals surface area contributed by atoms with Gasteiger partial charge in [0.2, 0.25) is 0 Å². The van der Waals surface area contributed by atoms with Crippen molar-refractivity contribution < 1.29 is 0 Å². The number of rotatable bonds is 2. The van der Waals surface area contributed by atoms with Crippen LogP contribution in [0.2, 0.25) is 0 Å². The van der Waals surface area contributed by atoms with Crippen molar-refractivity contribution in [3.05, 3.63) is 0 Å². The van der Waals surface area contributed by atoms with E-state index in [4.69, 9.17) is 0 Å². The largest absolute Gasteiger partial charge is 0.313 e. The van der Waals surface area contributed by atoms with Crippen LogP contribution in [-0.4, -0.2) is 24.2 Å². The van der Waals surface area contributed by atoms with Crippen molar-refractivity contribution in [1.82, 2.24) is 10.6 Å². The number of hydrogen-bond acceptors (Lipinski definition) is 2. The van der Waals surface area contributed by atoms with E-state index in [1.807, 2.05) is 0 Å². The van der Waals surface area contributed by atoms with E-state index in [2.05, 4.69) is 24.5 Å². The van der Waals surface area contributed by atoms with E-state index < -0.39 is 0 Å². The van der Waals surface area contributed by atoms with Crippen molar-refractivity contribution >= 4 is 24.8 Å². The maximum atomic E-state index is 3.72. The second-order valence-corrected chi connectivity index (χ2v) is 4.34. The van der Waals surface area contributed by atoms with E-state index >= 15 is 0 Å². The Morgan fingerprint density at radius 1 is 1.31 bits per heavy atom. The fourth-order valence-corrected chi connectivity index (χ4v) is 1.84. The smallest absolute Gasteiger partial charge is 0.0235 e. The molecule has 2 nitrogen and oxygen atoms in total. The molecule has 80 valence electrons. The number of hydrogen-bond donors (Lipinski definition) is 2. The monoisotopic (exact) mass is 226 g/mol. The molecule has 1 heterocycles. The molecule has 0 aromatic rings. The molecule has 0 radical (unpaired) electrons. The van der Waals surface area contributed by atoms with Crippen LogP contribution in [-0.2, 0) is 0 Å². The molecule has 2 atom stereocenters. The third kappa shape index (κ3) is 3.28. The van der Waals surface area contributed by atoms with Gasteiger partial charge in [0.15, 0.2) is 0 Å². The Bertz CT molecular complexity index is 160. The van der Waals surface area contributed by atoms with Gasteiger partial charge < -0.3 is 10.6 Å². The molecule has 1 saturated heterocycles. The average Bonchev–Trinajstić information content (AvgIpc) is 2.54. The Balaban J connectivity index is 0.000000720. The van der Waals surface area contributed by atoms with Gasteiger partial charge >= 0.3 is 0 Å². The van der Waals surface area contributed by atoms with Gasteiger partial charge in [-0.3, -0.25) is 0 Å². The molecule has 1 aliphatic carbocycles. The first-order chi connectivity index (χ1) is 5.20. The highest BCUT2D eigenvalue weighted by Gasteiger charge is 2.40. The second-order valence-electron chi connectivity index (χ2n) is 4.34. The van der Waals surface area contributed by atoms with Gasteiger partial charge in [0, 0.05) is 17.6 Å². The SMILES string of the molecule is C[C@@H]1NCC[C@@H]1NC1(C)CC1.Cl.Cl. The van der Waals surface area contributed by atoms with Crippen molar-refractivity contribution in [2.45, 2.75) is 50.7 Å². The summed E-state index contributed by atoms with van der Waals surface area (Å²) in [6, 6.07) is 1.40. The summed E-state index contributed by atoms with van der Waals surface area (Å²) in [5.41, 5.74) is 0.505. The van der Waals surface area contributed by atoms with Gasteiger partial charge in [0.25, 0.3) is 0 Å². The minimum atomic E-state index is 0. The molecule has 0 bridgehead atoms. The maximum Gasteiger partial charge on any atom is 0.0235 e. The Labute approximate surface area is 93.1 Å². The zero-order valence-corrected chi connectivity index (χ0v) is 9.93. The molecule has 0 aromatic carbocycles. The topological polar surface area (TPSA) is 24.1 Å². The lowest BCUT2D eigenvalue weighted by molar-refractivity contribution is 0.407. The first kappa shape index (κ1) is 13.5.